The maximum absolute atomic E-state index is 6.17. The second kappa shape index (κ2) is 5.02. The van der Waals surface area contributed by atoms with Crippen molar-refractivity contribution >= 4 is 24.7 Å². The molecule has 0 bridgehead atoms. The van der Waals surface area contributed by atoms with Gasteiger partial charge in [-0.3, -0.25) is 0 Å². The second-order valence-electron chi connectivity index (χ2n) is 4.82. The van der Waals surface area contributed by atoms with Crippen molar-refractivity contribution in [2.75, 3.05) is 0 Å². The van der Waals surface area contributed by atoms with Gasteiger partial charge < -0.3 is 0 Å². The first-order chi connectivity index (χ1) is 8.70. The van der Waals surface area contributed by atoms with Gasteiger partial charge >= 0.3 is 122 Å². The van der Waals surface area contributed by atoms with E-state index in [1.807, 2.05) is 0 Å². The van der Waals surface area contributed by atoms with Crippen molar-refractivity contribution in [2.24, 2.45) is 5.41 Å². The molecule has 2 aliphatic carbocycles. The van der Waals surface area contributed by atoms with E-state index in [9.17, 15) is 0 Å². The Hall–Kier alpha value is -0.266. The molecule has 0 aliphatic heterocycles. The van der Waals surface area contributed by atoms with Gasteiger partial charge in [0.15, 0.2) is 0 Å². The molecule has 0 spiro atoms. The van der Waals surface area contributed by atoms with Gasteiger partial charge in [0.1, 0.15) is 0 Å². The van der Waals surface area contributed by atoms with E-state index >= 15 is 0 Å². The van der Waals surface area contributed by atoms with Crippen molar-refractivity contribution in [1.29, 1.82) is 0 Å². The fourth-order valence-electron chi connectivity index (χ4n) is 2.76. The standard InChI is InChI=1S/C15H13.2ClH.Ti/c1-15(8-4-5-9-15)14-10-12-6-2-3-7-13(12)11-14;;;/h2-10H,1,11H2;2*1H;/q;;;+2/p-2. The molecule has 0 aromatic heterocycles. The van der Waals surface area contributed by atoms with Crippen LogP contribution in [0.1, 0.15) is 11.1 Å². The first kappa shape index (κ1) is 12.8. The molecule has 0 fully saturated rings. The van der Waals surface area contributed by atoms with E-state index in [1.165, 1.54) is 16.7 Å². The molecule has 0 nitrogen and oxygen atoms in total. The number of hydrogen-bond donors (Lipinski definition) is 0. The first-order valence-corrected chi connectivity index (χ1v) is 11.4. The van der Waals surface area contributed by atoms with Crippen molar-refractivity contribution in [3.05, 3.63) is 65.3 Å². The predicted octanol–water partition coefficient (Wildman–Crippen LogP) is 5.08. The maximum atomic E-state index is 6.17. The van der Waals surface area contributed by atoms with Crippen LogP contribution >= 0.6 is 18.6 Å². The van der Waals surface area contributed by atoms with Crippen molar-refractivity contribution in [3.8, 4) is 0 Å². The molecular weight excluding hydrogens is 299 g/mol. The normalized spacial score (nSPS) is 18.9. The summed E-state index contributed by atoms with van der Waals surface area (Å²) < 4.78 is 0.906. The molecule has 3 rings (SSSR count). The molecule has 0 amide bonds. The van der Waals surface area contributed by atoms with Crippen LogP contribution in [-0.4, -0.2) is 0 Å². The molecule has 3 heteroatoms. The molecular formula is C15H13Cl2Ti. The number of halogens is 2. The Morgan fingerprint density at radius 1 is 1.11 bits per heavy atom. The van der Waals surface area contributed by atoms with Crippen molar-refractivity contribution in [2.45, 2.75) is 11.1 Å². The molecule has 0 radical (unpaired) electrons. The zero-order valence-electron chi connectivity index (χ0n) is 9.87. The minimum atomic E-state index is -1.90. The van der Waals surface area contributed by atoms with Gasteiger partial charge in [-0.2, -0.15) is 0 Å². The number of hydrogen-bond acceptors (Lipinski definition) is 0. The van der Waals surface area contributed by atoms with E-state index in [4.69, 9.17) is 18.6 Å². The number of rotatable bonds is 3. The van der Waals surface area contributed by atoms with Crippen LogP contribution in [0, 0.1) is 5.41 Å². The summed E-state index contributed by atoms with van der Waals surface area (Å²) in [6, 6.07) is 8.57. The molecule has 1 aromatic carbocycles. The van der Waals surface area contributed by atoms with Crippen LogP contribution in [0.2, 0.25) is 4.73 Å². The molecule has 0 saturated carbocycles. The molecule has 0 heterocycles. The Morgan fingerprint density at radius 3 is 2.50 bits per heavy atom. The van der Waals surface area contributed by atoms with Crippen LogP contribution in [0.5, 0.6) is 0 Å². The zero-order chi connectivity index (χ0) is 12.6. The zero-order valence-corrected chi connectivity index (χ0v) is 12.9. The van der Waals surface area contributed by atoms with E-state index < -0.39 is 15.7 Å². The number of benzene rings is 1. The SMILES string of the molecule is [Cl][Ti]([Cl])[CH2]C1(C2=Cc3ccccc3C2)C=CC=C1. The summed E-state index contributed by atoms with van der Waals surface area (Å²) in [6.07, 6.45) is 12.1. The molecule has 0 atom stereocenters. The average Bonchev–Trinajstić information content (AvgIpc) is 2.94. The van der Waals surface area contributed by atoms with Gasteiger partial charge in [-0.25, -0.2) is 0 Å². The molecule has 0 unspecified atom stereocenters. The van der Waals surface area contributed by atoms with Crippen LogP contribution in [0.4, 0.5) is 0 Å². The number of fused-ring (bicyclic) bond motifs is 1. The first-order valence-electron chi connectivity index (χ1n) is 6.02. The summed E-state index contributed by atoms with van der Waals surface area (Å²) in [5.41, 5.74) is 4.16. The van der Waals surface area contributed by atoms with Crippen LogP contribution in [0.3, 0.4) is 0 Å². The van der Waals surface area contributed by atoms with E-state index in [1.54, 1.807) is 0 Å². The van der Waals surface area contributed by atoms with Crippen molar-refractivity contribution < 1.29 is 15.7 Å². The van der Waals surface area contributed by atoms with Gasteiger partial charge in [-0.1, -0.05) is 0 Å². The topological polar surface area (TPSA) is 0 Å². The summed E-state index contributed by atoms with van der Waals surface area (Å²) in [5, 5.41) is 0. The van der Waals surface area contributed by atoms with Gasteiger partial charge in [0.2, 0.25) is 0 Å². The van der Waals surface area contributed by atoms with Gasteiger partial charge in [0.25, 0.3) is 0 Å². The monoisotopic (exact) mass is 311 g/mol. The second-order valence-corrected chi connectivity index (χ2v) is 11.0. The van der Waals surface area contributed by atoms with E-state index in [2.05, 4.69) is 54.6 Å². The van der Waals surface area contributed by atoms with Gasteiger partial charge in [-0.15, -0.1) is 0 Å². The third-order valence-corrected chi connectivity index (χ3v) is 6.12. The Bertz CT molecular complexity index is 543. The molecule has 0 N–H and O–H groups in total. The average molecular weight is 312 g/mol. The van der Waals surface area contributed by atoms with Gasteiger partial charge in [0.05, 0.1) is 0 Å². The van der Waals surface area contributed by atoms with E-state index in [0.29, 0.717) is 0 Å². The Balaban J connectivity index is 1.96. The quantitative estimate of drug-likeness (QED) is 0.683. The van der Waals surface area contributed by atoms with E-state index in [0.717, 1.165) is 11.1 Å². The summed E-state index contributed by atoms with van der Waals surface area (Å²) in [4.78, 5) is 0. The van der Waals surface area contributed by atoms with Crippen LogP contribution in [0.15, 0.2) is 54.1 Å². The Labute approximate surface area is 122 Å². The van der Waals surface area contributed by atoms with Crippen LogP contribution in [-0.2, 0) is 22.2 Å². The van der Waals surface area contributed by atoms with Gasteiger partial charge in [-0.05, 0) is 0 Å². The summed E-state index contributed by atoms with van der Waals surface area (Å²) in [7, 11) is 12.3. The fourth-order valence-corrected chi connectivity index (χ4v) is 5.99. The molecule has 1 aromatic rings. The minimum absolute atomic E-state index is 0.0160. The Morgan fingerprint density at radius 2 is 1.83 bits per heavy atom. The fraction of sp³-hybridized carbons (Fsp3) is 0.200. The van der Waals surface area contributed by atoms with Crippen LogP contribution < -0.4 is 0 Å². The predicted molar refractivity (Wildman–Crippen MR) is 75.3 cm³/mol. The molecule has 18 heavy (non-hydrogen) atoms. The summed E-state index contributed by atoms with van der Waals surface area (Å²) in [6.45, 7) is 0. The molecule has 0 saturated heterocycles. The van der Waals surface area contributed by atoms with Crippen molar-refractivity contribution in [3.63, 3.8) is 0 Å². The van der Waals surface area contributed by atoms with Crippen LogP contribution in [0.25, 0.3) is 6.08 Å². The van der Waals surface area contributed by atoms with Gasteiger partial charge in [0, 0.05) is 0 Å². The van der Waals surface area contributed by atoms with E-state index in [-0.39, 0.29) is 5.41 Å². The number of allylic oxidation sites excluding steroid dienone is 5. The summed E-state index contributed by atoms with van der Waals surface area (Å²) >= 11 is -1.90. The molecule has 2 aliphatic rings. The van der Waals surface area contributed by atoms with Crippen molar-refractivity contribution in [1.82, 2.24) is 0 Å². The summed E-state index contributed by atoms with van der Waals surface area (Å²) in [5.74, 6) is 0. The Kier molecular flexibility index (Phi) is 3.55. The molecule has 91 valence electrons. The third-order valence-electron chi connectivity index (χ3n) is 3.69. The third kappa shape index (κ3) is 2.28.